The van der Waals surface area contributed by atoms with Crippen LogP contribution < -0.4 is 20.7 Å². The molecule has 0 aliphatic heterocycles. The smallest absolute Gasteiger partial charge is 0.180 e. The van der Waals surface area contributed by atoms with E-state index in [1.54, 1.807) is 0 Å². The van der Waals surface area contributed by atoms with Gasteiger partial charge in [0.1, 0.15) is 0 Å². The fourth-order valence-corrected chi connectivity index (χ4v) is 15.3. The molecular weight excluding hydrogens is 777 g/mol. The molecule has 296 valence electrons. The standard InChI is InChI=1S/C60H42N2Si/c1-6-20-43(21-7-1)45-24-18-25-47(40-45)62-55-33-17-16-32-52(55)53-38-37-48(42-58(53)62)61-56-39-36-46(44-22-8-2-9-23-44)41-54(56)60-57(61)34-19-35-59(60)63(49-26-10-3-11-27-49,50-28-12-4-13-29-50)51-30-14-5-15-31-51/h1-42H. The van der Waals surface area contributed by atoms with Crippen LogP contribution in [0.3, 0.4) is 0 Å². The fourth-order valence-electron chi connectivity index (χ4n) is 10.3. The molecule has 2 aromatic heterocycles. The number of aromatic nitrogens is 2. The van der Waals surface area contributed by atoms with Gasteiger partial charge in [-0.15, -0.1) is 0 Å². The van der Waals surface area contributed by atoms with Gasteiger partial charge in [0.15, 0.2) is 8.07 Å². The van der Waals surface area contributed by atoms with Crippen molar-refractivity contribution in [1.29, 1.82) is 0 Å². The van der Waals surface area contributed by atoms with E-state index in [2.05, 4.69) is 264 Å². The van der Waals surface area contributed by atoms with Crippen LogP contribution in [0.15, 0.2) is 255 Å². The molecule has 0 saturated carbocycles. The minimum Gasteiger partial charge on any atom is -0.309 e. The van der Waals surface area contributed by atoms with Gasteiger partial charge in [-0.2, -0.15) is 0 Å². The molecule has 0 aliphatic carbocycles. The van der Waals surface area contributed by atoms with E-state index in [1.807, 2.05) is 0 Å². The van der Waals surface area contributed by atoms with E-state index >= 15 is 0 Å². The molecule has 10 aromatic carbocycles. The van der Waals surface area contributed by atoms with Gasteiger partial charge in [0.05, 0.1) is 22.1 Å². The van der Waals surface area contributed by atoms with Gasteiger partial charge in [0, 0.05) is 32.9 Å². The second-order valence-electron chi connectivity index (χ2n) is 16.5. The van der Waals surface area contributed by atoms with E-state index in [9.17, 15) is 0 Å². The van der Waals surface area contributed by atoms with Crippen LogP contribution in [0, 0.1) is 0 Å². The summed E-state index contributed by atoms with van der Waals surface area (Å²) in [4.78, 5) is 0. The molecule has 0 bridgehead atoms. The molecule has 3 heteroatoms. The van der Waals surface area contributed by atoms with Crippen molar-refractivity contribution < 1.29 is 0 Å². The summed E-state index contributed by atoms with van der Waals surface area (Å²) in [6.07, 6.45) is 0. The maximum absolute atomic E-state index is 2.94. The van der Waals surface area contributed by atoms with Gasteiger partial charge in [-0.05, 0) is 91.5 Å². The first-order valence-corrected chi connectivity index (χ1v) is 23.8. The monoisotopic (exact) mass is 818 g/mol. The van der Waals surface area contributed by atoms with Gasteiger partial charge in [-0.25, -0.2) is 0 Å². The first kappa shape index (κ1) is 36.8. The maximum Gasteiger partial charge on any atom is 0.180 e. The molecule has 0 N–H and O–H groups in total. The highest BCUT2D eigenvalue weighted by Gasteiger charge is 2.43. The van der Waals surface area contributed by atoms with Gasteiger partial charge in [0.25, 0.3) is 0 Å². The van der Waals surface area contributed by atoms with Crippen molar-refractivity contribution in [3.8, 4) is 33.6 Å². The van der Waals surface area contributed by atoms with Crippen molar-refractivity contribution in [2.75, 3.05) is 0 Å². The lowest BCUT2D eigenvalue weighted by Gasteiger charge is -2.35. The average Bonchev–Trinajstić information content (AvgIpc) is 3.88. The molecule has 2 heterocycles. The summed E-state index contributed by atoms with van der Waals surface area (Å²) < 4.78 is 4.97. The Kier molecular flexibility index (Phi) is 8.87. The van der Waals surface area contributed by atoms with Gasteiger partial charge < -0.3 is 9.13 Å². The lowest BCUT2D eigenvalue weighted by atomic mass is 10.0. The Morgan fingerprint density at radius 1 is 0.254 bits per heavy atom. The molecule has 0 aliphatic rings. The van der Waals surface area contributed by atoms with E-state index < -0.39 is 8.07 Å². The van der Waals surface area contributed by atoms with E-state index in [1.165, 1.54) is 86.6 Å². The van der Waals surface area contributed by atoms with Crippen LogP contribution in [0.4, 0.5) is 0 Å². The topological polar surface area (TPSA) is 9.86 Å². The van der Waals surface area contributed by atoms with Crippen LogP contribution in [-0.2, 0) is 0 Å². The van der Waals surface area contributed by atoms with Gasteiger partial charge in [0.2, 0.25) is 0 Å². The molecule has 0 amide bonds. The van der Waals surface area contributed by atoms with Crippen LogP contribution >= 0.6 is 0 Å². The van der Waals surface area contributed by atoms with Crippen LogP contribution in [0.1, 0.15) is 0 Å². The van der Waals surface area contributed by atoms with Crippen molar-refractivity contribution >= 4 is 72.4 Å². The highest BCUT2D eigenvalue weighted by molar-refractivity contribution is 7.20. The molecule has 0 fully saturated rings. The van der Waals surface area contributed by atoms with Crippen LogP contribution in [0.5, 0.6) is 0 Å². The Bertz CT molecular complexity index is 3500. The summed E-state index contributed by atoms with van der Waals surface area (Å²) in [5, 5.41) is 10.5. The summed E-state index contributed by atoms with van der Waals surface area (Å²) in [6, 6.07) is 94.4. The molecule has 0 unspecified atom stereocenters. The van der Waals surface area contributed by atoms with Crippen LogP contribution in [-0.4, -0.2) is 17.2 Å². The van der Waals surface area contributed by atoms with E-state index in [0.29, 0.717) is 0 Å². The number of para-hydroxylation sites is 1. The van der Waals surface area contributed by atoms with Gasteiger partial charge in [-0.1, -0.05) is 206 Å². The van der Waals surface area contributed by atoms with E-state index in [4.69, 9.17) is 0 Å². The summed E-state index contributed by atoms with van der Waals surface area (Å²) in [6.45, 7) is 0. The predicted molar refractivity (Wildman–Crippen MR) is 270 cm³/mol. The number of hydrogen-bond donors (Lipinski definition) is 0. The third kappa shape index (κ3) is 5.93. The van der Waals surface area contributed by atoms with Gasteiger partial charge in [-0.3, -0.25) is 0 Å². The highest BCUT2D eigenvalue weighted by Crippen LogP contribution is 2.39. The van der Waals surface area contributed by atoms with Crippen LogP contribution in [0.25, 0.3) is 77.2 Å². The Morgan fingerprint density at radius 2 is 0.714 bits per heavy atom. The summed E-state index contributed by atoms with van der Waals surface area (Å²) >= 11 is 0. The zero-order valence-corrected chi connectivity index (χ0v) is 35.6. The minimum atomic E-state index is -2.94. The molecule has 0 spiro atoms. The van der Waals surface area contributed by atoms with Crippen LogP contribution in [0.2, 0.25) is 0 Å². The molecule has 12 aromatic rings. The van der Waals surface area contributed by atoms with Crippen molar-refractivity contribution in [3.63, 3.8) is 0 Å². The van der Waals surface area contributed by atoms with Crippen molar-refractivity contribution in [2.24, 2.45) is 0 Å². The lowest BCUT2D eigenvalue weighted by Crippen LogP contribution is -2.74. The zero-order chi connectivity index (χ0) is 41.7. The highest BCUT2D eigenvalue weighted by atomic mass is 28.3. The normalized spacial score (nSPS) is 11.8. The molecule has 63 heavy (non-hydrogen) atoms. The number of hydrogen-bond acceptors (Lipinski definition) is 0. The second-order valence-corrected chi connectivity index (χ2v) is 20.2. The minimum absolute atomic E-state index is 1.13. The number of nitrogens with zero attached hydrogens (tertiary/aromatic N) is 2. The van der Waals surface area contributed by atoms with Crippen molar-refractivity contribution in [3.05, 3.63) is 255 Å². The Balaban J connectivity index is 1.19. The molecule has 0 radical (unpaired) electrons. The largest absolute Gasteiger partial charge is 0.309 e. The average molecular weight is 819 g/mol. The van der Waals surface area contributed by atoms with E-state index in [0.717, 1.165) is 11.4 Å². The first-order chi connectivity index (χ1) is 31.3. The molecule has 0 saturated heterocycles. The quantitative estimate of drug-likeness (QED) is 0.107. The first-order valence-electron chi connectivity index (χ1n) is 21.8. The second kappa shape index (κ2) is 15.2. The van der Waals surface area contributed by atoms with Crippen molar-refractivity contribution in [2.45, 2.75) is 0 Å². The van der Waals surface area contributed by atoms with Crippen molar-refractivity contribution in [1.82, 2.24) is 9.13 Å². The molecule has 0 atom stereocenters. The molecule has 2 nitrogen and oxygen atoms in total. The fraction of sp³-hybridized carbons (Fsp3) is 0. The molecule has 12 rings (SSSR count). The number of fused-ring (bicyclic) bond motifs is 6. The van der Waals surface area contributed by atoms with E-state index in [-0.39, 0.29) is 0 Å². The predicted octanol–water partition coefficient (Wildman–Crippen LogP) is 12.6. The number of benzene rings is 10. The summed E-state index contributed by atoms with van der Waals surface area (Å²) in [5.41, 5.74) is 11.8. The Morgan fingerprint density at radius 3 is 1.35 bits per heavy atom. The Hall–Kier alpha value is -7.98. The SMILES string of the molecule is c1ccc(-c2cccc(-n3c4ccccc4c4ccc(-n5c6ccc(-c7ccccc7)cc6c6c([Si](c7ccccc7)(c7ccccc7)c7ccccc7)cccc65)cc43)c2)cc1. The Labute approximate surface area is 368 Å². The lowest BCUT2D eigenvalue weighted by molar-refractivity contribution is 1.15. The summed E-state index contributed by atoms with van der Waals surface area (Å²) in [7, 11) is -2.94. The molecular formula is C60H42N2Si. The third-order valence-electron chi connectivity index (χ3n) is 13.0. The van der Waals surface area contributed by atoms with Gasteiger partial charge >= 0.3 is 0 Å². The third-order valence-corrected chi connectivity index (χ3v) is 17.9. The maximum atomic E-state index is 2.52. The summed E-state index contributed by atoms with van der Waals surface area (Å²) in [5.74, 6) is 0. The number of rotatable bonds is 8. The zero-order valence-electron chi connectivity index (χ0n) is 34.6.